The number of halogens is 1. The van der Waals surface area contributed by atoms with Crippen molar-refractivity contribution in [3.05, 3.63) is 30.3 Å². The first-order valence-electron chi connectivity index (χ1n) is 10.0. The van der Waals surface area contributed by atoms with Gasteiger partial charge in [-0.1, -0.05) is 31.0 Å². The van der Waals surface area contributed by atoms with Crippen LogP contribution in [-0.4, -0.2) is 36.3 Å². The summed E-state index contributed by atoms with van der Waals surface area (Å²) in [4.78, 5) is 24.9. The zero-order valence-electron chi connectivity index (χ0n) is 16.3. The Hall–Kier alpha value is -1.79. The molecule has 0 bridgehead atoms. The third-order valence-electron chi connectivity index (χ3n) is 5.48. The summed E-state index contributed by atoms with van der Waals surface area (Å²) >= 11 is 0. The summed E-state index contributed by atoms with van der Waals surface area (Å²) in [5.74, 6) is 0.115. The highest BCUT2D eigenvalue weighted by molar-refractivity contribution is 5.74. The van der Waals surface area contributed by atoms with Crippen LogP contribution in [0.4, 0.5) is 0 Å². The molecule has 1 aliphatic carbocycles. The van der Waals surface area contributed by atoms with Crippen LogP contribution in [0.1, 0.15) is 51.9 Å². The topological polar surface area (TPSA) is 89.5 Å². The maximum absolute atomic E-state index is 12.7. The van der Waals surface area contributed by atoms with Gasteiger partial charge in [-0.3, -0.25) is 4.79 Å². The molecule has 0 aromatic heterocycles. The van der Waals surface area contributed by atoms with E-state index < -0.39 is 18.2 Å². The number of hydrogen-bond acceptors (Lipinski definition) is 5. The number of rotatable bonds is 4. The fraction of sp³-hybridized carbons (Fsp3) is 0.619. The van der Waals surface area contributed by atoms with Crippen LogP contribution in [0.25, 0.3) is 0 Å². The van der Waals surface area contributed by atoms with Crippen molar-refractivity contribution in [1.82, 2.24) is 0 Å². The number of cyclic esters (lactones) is 1. The molecule has 2 fully saturated rings. The molecule has 7 heteroatoms. The monoisotopic (exact) mass is 411 g/mol. The molecule has 1 heterocycles. The van der Waals surface area contributed by atoms with Crippen molar-refractivity contribution in [2.45, 2.75) is 76.2 Å². The molecule has 28 heavy (non-hydrogen) atoms. The quantitative estimate of drug-likeness (QED) is 0.659. The Bertz CT molecular complexity index is 635. The van der Waals surface area contributed by atoms with E-state index in [1.165, 1.54) is 0 Å². The van der Waals surface area contributed by atoms with Crippen LogP contribution >= 0.6 is 0 Å². The number of quaternary nitrogens is 1. The Morgan fingerprint density at radius 1 is 1.07 bits per heavy atom. The summed E-state index contributed by atoms with van der Waals surface area (Å²) in [5, 5.41) is 0. The second kappa shape index (κ2) is 10.7. The van der Waals surface area contributed by atoms with E-state index in [1.54, 1.807) is 6.92 Å². The van der Waals surface area contributed by atoms with Gasteiger partial charge in [0.15, 0.2) is 12.1 Å². The highest BCUT2D eigenvalue weighted by Crippen LogP contribution is 2.29. The van der Waals surface area contributed by atoms with E-state index in [0.717, 1.165) is 32.1 Å². The van der Waals surface area contributed by atoms with Crippen LogP contribution < -0.4 is 22.9 Å². The van der Waals surface area contributed by atoms with Gasteiger partial charge in [0.2, 0.25) is 0 Å². The van der Waals surface area contributed by atoms with Crippen molar-refractivity contribution in [3.8, 4) is 5.75 Å². The van der Waals surface area contributed by atoms with Crippen molar-refractivity contribution < 1.29 is 41.9 Å². The van der Waals surface area contributed by atoms with E-state index in [0.29, 0.717) is 18.6 Å². The molecule has 0 radical (unpaired) electrons. The number of carbonyl (C=O) groups is 2. The summed E-state index contributed by atoms with van der Waals surface area (Å²) in [6, 6.07) is 9.07. The van der Waals surface area contributed by atoms with Gasteiger partial charge in [0.25, 0.3) is 0 Å². The Morgan fingerprint density at radius 3 is 2.43 bits per heavy atom. The van der Waals surface area contributed by atoms with E-state index in [2.05, 4.69) is 5.73 Å². The van der Waals surface area contributed by atoms with Gasteiger partial charge in [-0.2, -0.15) is 0 Å². The molecule has 3 rings (SSSR count). The molecule has 3 N–H and O–H groups in total. The van der Waals surface area contributed by atoms with E-state index >= 15 is 0 Å². The molecule has 1 aromatic carbocycles. The normalized spacial score (nSPS) is 28.9. The van der Waals surface area contributed by atoms with Crippen LogP contribution in [-0.2, 0) is 19.1 Å². The summed E-state index contributed by atoms with van der Waals surface area (Å²) < 4.78 is 17.6. The largest absolute Gasteiger partial charge is 1.00 e. The predicted molar refractivity (Wildman–Crippen MR) is 98.8 cm³/mol. The first-order valence-corrected chi connectivity index (χ1v) is 10.0. The molecule has 4 atom stereocenters. The number of esters is 2. The van der Waals surface area contributed by atoms with E-state index in [-0.39, 0.29) is 36.4 Å². The molecule has 2 aliphatic rings. The van der Waals surface area contributed by atoms with Crippen molar-refractivity contribution >= 4 is 11.9 Å². The number of carbonyl (C=O) groups excluding carboxylic acids is 2. The SMILES string of the molecule is C[C@@H]1OC(=O)[C@@H]([NH3+])CCC[C@H](Oc2ccccc2)[C@H]1OC(=O)C1CCCC1.[Cl-]. The van der Waals surface area contributed by atoms with Gasteiger partial charge in [-0.05, 0) is 44.7 Å². The zero-order chi connectivity index (χ0) is 19.2. The minimum absolute atomic E-state index is 0. The summed E-state index contributed by atoms with van der Waals surface area (Å²) in [6.45, 7) is 1.77. The maximum atomic E-state index is 12.7. The fourth-order valence-electron chi connectivity index (χ4n) is 3.86. The third kappa shape index (κ3) is 5.85. The fourth-order valence-corrected chi connectivity index (χ4v) is 3.86. The molecule has 0 spiro atoms. The Labute approximate surface area is 172 Å². The lowest BCUT2D eigenvalue weighted by Gasteiger charge is -2.31. The Morgan fingerprint density at radius 2 is 1.75 bits per heavy atom. The minimum Gasteiger partial charge on any atom is -1.00 e. The molecular formula is C21H30ClNO5. The first-order chi connectivity index (χ1) is 13.0. The van der Waals surface area contributed by atoms with Gasteiger partial charge in [-0.15, -0.1) is 0 Å². The average Bonchev–Trinajstić information content (AvgIpc) is 3.20. The summed E-state index contributed by atoms with van der Waals surface area (Å²) in [5.41, 5.74) is 3.89. The van der Waals surface area contributed by atoms with Crippen LogP contribution in [0, 0.1) is 5.92 Å². The zero-order valence-corrected chi connectivity index (χ0v) is 17.1. The smallest absolute Gasteiger partial charge is 0.365 e. The number of para-hydroxylation sites is 1. The van der Waals surface area contributed by atoms with Gasteiger partial charge in [0.1, 0.15) is 18.0 Å². The molecular weight excluding hydrogens is 382 g/mol. The van der Waals surface area contributed by atoms with E-state index in [1.807, 2.05) is 30.3 Å². The number of hydrogen-bond donors (Lipinski definition) is 1. The van der Waals surface area contributed by atoms with Gasteiger partial charge in [0.05, 0.1) is 5.92 Å². The highest BCUT2D eigenvalue weighted by atomic mass is 35.5. The maximum Gasteiger partial charge on any atom is 0.365 e. The van der Waals surface area contributed by atoms with Crippen LogP contribution in [0.5, 0.6) is 5.75 Å². The number of benzene rings is 1. The standard InChI is InChI=1S/C21H29NO5.ClH/c1-14-19(27-20(23)15-8-5-6-9-15)18(26-16-10-3-2-4-11-16)13-7-12-17(22)21(24)25-14;/h2-4,10-11,14-15,17-19H,5-9,12-13,22H2,1H3;1H/t14-,17-,18-,19-;/m0./s1. The molecule has 1 aliphatic heterocycles. The molecule has 156 valence electrons. The minimum atomic E-state index is -0.632. The molecule has 0 unspecified atom stereocenters. The van der Waals surface area contributed by atoms with Crippen molar-refractivity contribution in [2.24, 2.45) is 5.92 Å². The second-order valence-corrected chi connectivity index (χ2v) is 7.62. The van der Waals surface area contributed by atoms with Crippen LogP contribution in [0.15, 0.2) is 30.3 Å². The Balaban J connectivity index is 0.00000280. The average molecular weight is 412 g/mol. The lowest BCUT2D eigenvalue weighted by molar-refractivity contribution is -0.410. The van der Waals surface area contributed by atoms with Crippen LogP contribution in [0.3, 0.4) is 0 Å². The molecule has 1 saturated carbocycles. The number of ether oxygens (including phenoxy) is 3. The molecule has 6 nitrogen and oxygen atoms in total. The lowest BCUT2D eigenvalue weighted by atomic mass is 10.0. The van der Waals surface area contributed by atoms with Crippen molar-refractivity contribution in [2.75, 3.05) is 0 Å². The second-order valence-electron chi connectivity index (χ2n) is 7.62. The highest BCUT2D eigenvalue weighted by Gasteiger charge is 2.39. The van der Waals surface area contributed by atoms with E-state index in [4.69, 9.17) is 14.2 Å². The van der Waals surface area contributed by atoms with Gasteiger partial charge in [0, 0.05) is 6.42 Å². The van der Waals surface area contributed by atoms with Gasteiger partial charge >= 0.3 is 11.9 Å². The van der Waals surface area contributed by atoms with Gasteiger partial charge in [-0.25, -0.2) is 4.79 Å². The Kier molecular flexibility index (Phi) is 8.58. The molecule has 1 aromatic rings. The summed E-state index contributed by atoms with van der Waals surface area (Å²) in [7, 11) is 0. The lowest BCUT2D eigenvalue weighted by Crippen LogP contribution is -3.00. The van der Waals surface area contributed by atoms with E-state index in [9.17, 15) is 9.59 Å². The van der Waals surface area contributed by atoms with Gasteiger partial charge < -0.3 is 32.4 Å². The predicted octanol–water partition coefficient (Wildman–Crippen LogP) is -0.734. The molecule has 1 saturated heterocycles. The first kappa shape index (κ1) is 22.5. The van der Waals surface area contributed by atoms with Crippen LogP contribution in [0.2, 0.25) is 0 Å². The summed E-state index contributed by atoms with van der Waals surface area (Å²) in [6.07, 6.45) is 4.32. The van der Waals surface area contributed by atoms with Crippen molar-refractivity contribution in [3.63, 3.8) is 0 Å². The molecule has 0 amide bonds. The van der Waals surface area contributed by atoms with Crippen molar-refractivity contribution in [1.29, 1.82) is 0 Å². The third-order valence-corrected chi connectivity index (χ3v) is 5.48.